The van der Waals surface area contributed by atoms with Gasteiger partial charge in [-0.3, -0.25) is 24.2 Å². The van der Waals surface area contributed by atoms with Crippen LogP contribution in [0, 0.1) is 5.92 Å². The summed E-state index contributed by atoms with van der Waals surface area (Å²) in [6.07, 6.45) is 1.40. The summed E-state index contributed by atoms with van der Waals surface area (Å²) in [6.45, 7) is 1.74. The number of methoxy groups -OCH3 is 1. The second kappa shape index (κ2) is 6.41. The molecule has 0 atom stereocenters. The Morgan fingerprint density at radius 1 is 1.30 bits per heavy atom. The number of likely N-dealkylation sites (tertiary alicyclic amines) is 1. The van der Waals surface area contributed by atoms with E-state index >= 15 is 0 Å². The molecule has 1 saturated heterocycles. The molecule has 0 unspecified atom stereocenters. The fourth-order valence-corrected chi connectivity index (χ4v) is 3.70. The highest BCUT2D eigenvalue weighted by Gasteiger charge is 2.38. The number of Topliss-reactive ketones (excluding diaryl/α,β-unsaturated/α-hetero) is 1. The highest BCUT2D eigenvalue weighted by Crippen LogP contribution is 2.36. The summed E-state index contributed by atoms with van der Waals surface area (Å²) in [5, 5.41) is 0. The summed E-state index contributed by atoms with van der Waals surface area (Å²) in [7, 11) is 1.40. The maximum Gasteiger partial charge on any atom is 0.308 e. The SMILES string of the molecule is COC(=O)C1CCN(CN2C(=O)C(=O)c3cccc(Br)c32)CC1. The molecule has 0 aliphatic carbocycles. The second-order valence-corrected chi connectivity index (χ2v) is 6.61. The number of para-hydroxylation sites is 1. The maximum absolute atomic E-state index is 12.3. The number of ether oxygens (including phenoxy) is 1. The van der Waals surface area contributed by atoms with Crippen LogP contribution in [0.3, 0.4) is 0 Å². The third kappa shape index (κ3) is 2.90. The van der Waals surface area contributed by atoms with Gasteiger partial charge in [0.2, 0.25) is 0 Å². The number of benzene rings is 1. The molecule has 122 valence electrons. The molecular formula is C16H17BrN2O4. The highest BCUT2D eigenvalue weighted by atomic mass is 79.9. The average Bonchev–Trinajstić information content (AvgIpc) is 2.81. The van der Waals surface area contributed by atoms with Gasteiger partial charge in [-0.15, -0.1) is 0 Å². The van der Waals surface area contributed by atoms with Crippen molar-refractivity contribution in [2.24, 2.45) is 5.92 Å². The van der Waals surface area contributed by atoms with E-state index in [0.29, 0.717) is 43.9 Å². The van der Waals surface area contributed by atoms with Crippen LogP contribution in [0.25, 0.3) is 0 Å². The first-order chi connectivity index (χ1) is 11.0. The van der Waals surface area contributed by atoms with E-state index in [1.807, 2.05) is 6.07 Å². The lowest BCUT2D eigenvalue weighted by Gasteiger charge is -2.33. The van der Waals surface area contributed by atoms with Gasteiger partial charge < -0.3 is 4.74 Å². The molecular weight excluding hydrogens is 364 g/mol. The molecule has 7 heteroatoms. The molecule has 1 fully saturated rings. The van der Waals surface area contributed by atoms with Crippen molar-refractivity contribution in [3.05, 3.63) is 28.2 Å². The summed E-state index contributed by atoms with van der Waals surface area (Å²) in [5.74, 6) is -1.22. The number of esters is 1. The predicted molar refractivity (Wildman–Crippen MR) is 87.1 cm³/mol. The van der Waals surface area contributed by atoms with Crippen molar-refractivity contribution in [1.82, 2.24) is 4.90 Å². The van der Waals surface area contributed by atoms with Crippen molar-refractivity contribution >= 4 is 39.3 Å². The summed E-state index contributed by atoms with van der Waals surface area (Å²) in [6, 6.07) is 5.24. The summed E-state index contributed by atoms with van der Waals surface area (Å²) < 4.78 is 5.51. The zero-order chi connectivity index (χ0) is 16.6. The molecule has 1 aromatic rings. The molecule has 1 amide bonds. The van der Waals surface area contributed by atoms with Gasteiger partial charge in [-0.25, -0.2) is 0 Å². The number of anilines is 1. The fourth-order valence-electron chi connectivity index (χ4n) is 3.12. The van der Waals surface area contributed by atoms with Crippen molar-refractivity contribution in [3.8, 4) is 0 Å². The predicted octanol–water partition coefficient (Wildman–Crippen LogP) is 1.82. The van der Waals surface area contributed by atoms with Crippen LogP contribution >= 0.6 is 15.9 Å². The largest absolute Gasteiger partial charge is 0.469 e. The van der Waals surface area contributed by atoms with Gasteiger partial charge in [0.15, 0.2) is 0 Å². The molecule has 0 bridgehead atoms. The molecule has 0 aromatic heterocycles. The molecule has 0 N–H and O–H groups in total. The average molecular weight is 381 g/mol. The topological polar surface area (TPSA) is 66.9 Å². The van der Waals surface area contributed by atoms with E-state index in [1.54, 1.807) is 12.1 Å². The number of rotatable bonds is 3. The maximum atomic E-state index is 12.3. The van der Waals surface area contributed by atoms with E-state index in [2.05, 4.69) is 20.8 Å². The zero-order valence-corrected chi connectivity index (χ0v) is 14.3. The number of ketones is 1. The van der Waals surface area contributed by atoms with Crippen molar-refractivity contribution in [2.45, 2.75) is 12.8 Å². The Hall–Kier alpha value is -1.73. The van der Waals surface area contributed by atoms with Gasteiger partial charge in [-0.05, 0) is 40.9 Å². The van der Waals surface area contributed by atoms with Crippen LogP contribution in [-0.4, -0.2) is 49.4 Å². The van der Waals surface area contributed by atoms with Crippen LogP contribution in [0.2, 0.25) is 0 Å². The van der Waals surface area contributed by atoms with Gasteiger partial charge in [0, 0.05) is 17.6 Å². The summed E-state index contributed by atoms with van der Waals surface area (Å²) >= 11 is 3.42. The van der Waals surface area contributed by atoms with Gasteiger partial charge in [0.05, 0.1) is 30.9 Å². The fraction of sp³-hybridized carbons (Fsp3) is 0.438. The number of nitrogens with zero attached hydrogens (tertiary/aromatic N) is 2. The monoisotopic (exact) mass is 380 g/mol. The minimum Gasteiger partial charge on any atom is -0.469 e. The zero-order valence-electron chi connectivity index (χ0n) is 12.8. The molecule has 0 saturated carbocycles. The van der Waals surface area contributed by atoms with E-state index < -0.39 is 11.7 Å². The first kappa shape index (κ1) is 16.1. The van der Waals surface area contributed by atoms with E-state index in [-0.39, 0.29) is 11.9 Å². The van der Waals surface area contributed by atoms with Gasteiger partial charge in [-0.2, -0.15) is 0 Å². The molecule has 0 radical (unpaired) electrons. The normalized spacial score (nSPS) is 19.1. The van der Waals surface area contributed by atoms with Crippen LogP contribution in [0.5, 0.6) is 0 Å². The van der Waals surface area contributed by atoms with E-state index in [0.717, 1.165) is 4.47 Å². The molecule has 2 aliphatic heterocycles. The Balaban J connectivity index is 1.72. The Morgan fingerprint density at radius 3 is 2.65 bits per heavy atom. The summed E-state index contributed by atoms with van der Waals surface area (Å²) in [5.41, 5.74) is 1.08. The van der Waals surface area contributed by atoms with E-state index in [4.69, 9.17) is 4.74 Å². The van der Waals surface area contributed by atoms with Crippen LogP contribution < -0.4 is 4.90 Å². The molecule has 1 aromatic carbocycles. The summed E-state index contributed by atoms with van der Waals surface area (Å²) in [4.78, 5) is 39.5. The van der Waals surface area contributed by atoms with Gasteiger partial charge >= 0.3 is 11.9 Å². The van der Waals surface area contributed by atoms with Crippen LogP contribution in [-0.2, 0) is 14.3 Å². The number of carbonyl (C=O) groups is 3. The number of amides is 1. The first-order valence-electron chi connectivity index (χ1n) is 7.48. The van der Waals surface area contributed by atoms with E-state index in [9.17, 15) is 14.4 Å². The lowest BCUT2D eigenvalue weighted by atomic mass is 9.97. The number of fused-ring (bicyclic) bond motifs is 1. The standard InChI is InChI=1S/C16H17BrN2O4/c1-23-16(22)10-5-7-18(8-6-10)9-19-13-11(14(20)15(19)21)3-2-4-12(13)17/h2-4,10H,5-9H2,1H3. The van der Waals surface area contributed by atoms with Crippen LogP contribution in [0.15, 0.2) is 22.7 Å². The second-order valence-electron chi connectivity index (χ2n) is 5.76. The number of carbonyl (C=O) groups excluding carboxylic acids is 3. The third-order valence-corrected chi connectivity index (χ3v) is 5.04. The van der Waals surface area contributed by atoms with Crippen LogP contribution in [0.1, 0.15) is 23.2 Å². The molecule has 3 rings (SSSR count). The molecule has 2 aliphatic rings. The smallest absolute Gasteiger partial charge is 0.308 e. The molecule has 23 heavy (non-hydrogen) atoms. The minimum absolute atomic E-state index is 0.0776. The van der Waals surface area contributed by atoms with Crippen molar-refractivity contribution < 1.29 is 19.1 Å². The van der Waals surface area contributed by atoms with Gasteiger partial charge in [0.25, 0.3) is 5.78 Å². The van der Waals surface area contributed by atoms with Crippen LogP contribution in [0.4, 0.5) is 5.69 Å². The van der Waals surface area contributed by atoms with Crippen molar-refractivity contribution in [2.75, 3.05) is 31.8 Å². The van der Waals surface area contributed by atoms with Gasteiger partial charge in [0.1, 0.15) is 0 Å². The third-order valence-electron chi connectivity index (χ3n) is 4.40. The highest BCUT2D eigenvalue weighted by molar-refractivity contribution is 9.10. The van der Waals surface area contributed by atoms with Crippen molar-refractivity contribution in [3.63, 3.8) is 0 Å². The first-order valence-corrected chi connectivity index (χ1v) is 8.27. The van der Waals surface area contributed by atoms with Gasteiger partial charge in [-0.1, -0.05) is 6.07 Å². The Morgan fingerprint density at radius 2 is 2.00 bits per heavy atom. The number of halogens is 1. The minimum atomic E-state index is -0.498. The van der Waals surface area contributed by atoms with E-state index in [1.165, 1.54) is 12.0 Å². The lowest BCUT2D eigenvalue weighted by molar-refractivity contribution is -0.147. The number of hydrogen-bond donors (Lipinski definition) is 0. The number of hydrogen-bond acceptors (Lipinski definition) is 5. The quantitative estimate of drug-likeness (QED) is 0.590. The molecule has 6 nitrogen and oxygen atoms in total. The Kier molecular flexibility index (Phi) is 4.50. The molecule has 2 heterocycles. The lowest BCUT2D eigenvalue weighted by Crippen LogP contribution is -2.45. The van der Waals surface area contributed by atoms with Crippen molar-refractivity contribution in [1.29, 1.82) is 0 Å². The Labute approximate surface area is 142 Å². The molecule has 0 spiro atoms. The Bertz CT molecular complexity index is 668. The number of piperidine rings is 1.